The van der Waals surface area contributed by atoms with E-state index in [1.54, 1.807) is 36.7 Å². The summed E-state index contributed by atoms with van der Waals surface area (Å²) >= 11 is 0. The first-order valence-electron chi connectivity index (χ1n) is 9.87. The number of pyridine rings is 2. The van der Waals surface area contributed by atoms with Crippen molar-refractivity contribution in [2.75, 3.05) is 5.32 Å². The number of carbonyl (C=O) groups is 1. The second kappa shape index (κ2) is 8.05. The number of aromatic nitrogens is 2. The lowest BCUT2D eigenvalue weighted by molar-refractivity contribution is -0.121. The zero-order valence-corrected chi connectivity index (χ0v) is 15.9. The monoisotopic (exact) mass is 377 g/mol. The summed E-state index contributed by atoms with van der Waals surface area (Å²) in [5.41, 5.74) is 2.80. The summed E-state index contributed by atoms with van der Waals surface area (Å²) in [5, 5.41) is 3.89. The molecule has 1 aromatic carbocycles. The Bertz CT molecular complexity index is 968. The van der Waals surface area contributed by atoms with Gasteiger partial charge in [-0.3, -0.25) is 14.8 Å². The molecule has 1 N–H and O–H groups in total. The molecule has 28 heavy (non-hydrogen) atoms. The Hall–Kier alpha value is -2.82. The molecule has 5 heteroatoms. The number of rotatable bonds is 4. The van der Waals surface area contributed by atoms with Crippen LogP contribution >= 0.6 is 0 Å². The van der Waals surface area contributed by atoms with Gasteiger partial charge in [-0.05, 0) is 79.5 Å². The molecule has 0 bridgehead atoms. The molecule has 0 radical (unpaired) electrons. The molecule has 0 saturated heterocycles. The van der Waals surface area contributed by atoms with Crippen molar-refractivity contribution in [2.45, 2.75) is 38.5 Å². The standard InChI is InChI=1S/C23H24FN3O/c1-15(23(28)27-19-8-11-25-12-9-19)16-2-4-17(5-3-16)20-10-13-26-22-7-6-18(24)14-21(20)22/h6-17H,2-5H2,1H3,(H,25,27,28). The average molecular weight is 377 g/mol. The highest BCUT2D eigenvalue weighted by atomic mass is 19.1. The van der Waals surface area contributed by atoms with E-state index in [9.17, 15) is 9.18 Å². The normalized spacial score (nSPS) is 20.6. The van der Waals surface area contributed by atoms with Gasteiger partial charge in [0.05, 0.1) is 5.52 Å². The van der Waals surface area contributed by atoms with Crippen LogP contribution in [0, 0.1) is 17.7 Å². The Balaban J connectivity index is 1.42. The highest BCUT2D eigenvalue weighted by Crippen LogP contribution is 2.40. The van der Waals surface area contributed by atoms with E-state index < -0.39 is 0 Å². The van der Waals surface area contributed by atoms with Gasteiger partial charge in [-0.2, -0.15) is 0 Å². The molecular weight excluding hydrogens is 353 g/mol. The molecule has 0 aliphatic heterocycles. The van der Waals surface area contributed by atoms with Crippen LogP contribution in [0.25, 0.3) is 10.9 Å². The van der Waals surface area contributed by atoms with E-state index in [2.05, 4.69) is 15.3 Å². The lowest BCUT2D eigenvalue weighted by Crippen LogP contribution is -2.29. The van der Waals surface area contributed by atoms with Gasteiger partial charge in [-0.1, -0.05) is 6.92 Å². The van der Waals surface area contributed by atoms with E-state index in [-0.39, 0.29) is 17.6 Å². The molecule has 1 aliphatic carbocycles. The third kappa shape index (κ3) is 3.88. The summed E-state index contributed by atoms with van der Waals surface area (Å²) in [6, 6.07) is 10.4. The topological polar surface area (TPSA) is 54.9 Å². The number of hydrogen-bond acceptors (Lipinski definition) is 3. The van der Waals surface area contributed by atoms with E-state index >= 15 is 0 Å². The number of carbonyl (C=O) groups excluding carboxylic acids is 1. The summed E-state index contributed by atoms with van der Waals surface area (Å²) < 4.78 is 13.7. The molecule has 4 rings (SSSR count). The van der Waals surface area contributed by atoms with Gasteiger partial charge in [-0.25, -0.2) is 4.39 Å². The highest BCUT2D eigenvalue weighted by molar-refractivity contribution is 5.92. The predicted molar refractivity (Wildman–Crippen MR) is 108 cm³/mol. The molecule has 1 amide bonds. The van der Waals surface area contributed by atoms with Gasteiger partial charge in [0.25, 0.3) is 0 Å². The van der Waals surface area contributed by atoms with Gasteiger partial charge in [0.15, 0.2) is 0 Å². The highest BCUT2D eigenvalue weighted by Gasteiger charge is 2.30. The number of hydrogen-bond donors (Lipinski definition) is 1. The minimum atomic E-state index is -0.225. The van der Waals surface area contributed by atoms with E-state index in [0.717, 1.165) is 42.3 Å². The Kier molecular flexibility index (Phi) is 5.33. The smallest absolute Gasteiger partial charge is 0.227 e. The quantitative estimate of drug-likeness (QED) is 0.670. The number of benzene rings is 1. The first-order chi connectivity index (χ1) is 13.6. The molecule has 0 spiro atoms. The van der Waals surface area contributed by atoms with Gasteiger partial charge in [-0.15, -0.1) is 0 Å². The maximum Gasteiger partial charge on any atom is 0.227 e. The number of amides is 1. The van der Waals surface area contributed by atoms with Gasteiger partial charge < -0.3 is 5.32 Å². The Morgan fingerprint density at radius 2 is 1.82 bits per heavy atom. The van der Waals surface area contributed by atoms with Crippen LogP contribution in [0.15, 0.2) is 55.0 Å². The maximum atomic E-state index is 13.7. The largest absolute Gasteiger partial charge is 0.326 e. The van der Waals surface area contributed by atoms with Crippen LogP contribution < -0.4 is 5.32 Å². The van der Waals surface area contributed by atoms with Crippen molar-refractivity contribution >= 4 is 22.5 Å². The molecule has 1 fully saturated rings. The van der Waals surface area contributed by atoms with E-state index in [0.29, 0.717) is 11.8 Å². The van der Waals surface area contributed by atoms with Crippen molar-refractivity contribution in [3.63, 3.8) is 0 Å². The molecule has 2 heterocycles. The Morgan fingerprint density at radius 1 is 1.07 bits per heavy atom. The predicted octanol–water partition coefficient (Wildman–Crippen LogP) is 5.32. The van der Waals surface area contributed by atoms with E-state index in [1.807, 2.05) is 19.2 Å². The molecule has 1 unspecified atom stereocenters. The fourth-order valence-corrected chi connectivity index (χ4v) is 4.33. The average Bonchev–Trinajstić information content (AvgIpc) is 2.73. The number of nitrogens with one attached hydrogen (secondary N) is 1. The van der Waals surface area contributed by atoms with Crippen LogP contribution in [-0.4, -0.2) is 15.9 Å². The van der Waals surface area contributed by atoms with Gasteiger partial charge in [0, 0.05) is 35.6 Å². The third-order valence-electron chi connectivity index (χ3n) is 6.02. The molecule has 1 saturated carbocycles. The number of anilines is 1. The summed E-state index contributed by atoms with van der Waals surface area (Å²) in [6.07, 6.45) is 9.16. The molecular formula is C23H24FN3O. The zero-order valence-electron chi connectivity index (χ0n) is 15.9. The van der Waals surface area contributed by atoms with Crippen LogP contribution in [0.3, 0.4) is 0 Å². The fourth-order valence-electron chi connectivity index (χ4n) is 4.33. The minimum Gasteiger partial charge on any atom is -0.326 e. The Labute approximate surface area is 164 Å². The summed E-state index contributed by atoms with van der Waals surface area (Å²) in [5.74, 6) is 0.547. The van der Waals surface area contributed by atoms with Crippen LogP contribution in [0.2, 0.25) is 0 Å². The molecule has 3 aromatic rings. The summed E-state index contributed by atoms with van der Waals surface area (Å²) in [7, 11) is 0. The van der Waals surface area contributed by atoms with E-state index in [4.69, 9.17) is 0 Å². The molecule has 1 aliphatic rings. The summed E-state index contributed by atoms with van der Waals surface area (Å²) in [4.78, 5) is 20.9. The van der Waals surface area contributed by atoms with Crippen LogP contribution in [0.1, 0.15) is 44.1 Å². The second-order valence-corrected chi connectivity index (χ2v) is 7.69. The molecule has 1 atom stereocenters. The molecule has 144 valence electrons. The SMILES string of the molecule is CC(C(=O)Nc1ccncc1)C1CCC(c2ccnc3ccc(F)cc23)CC1. The molecule has 4 nitrogen and oxygen atoms in total. The first kappa shape index (κ1) is 18.5. The number of fused-ring (bicyclic) bond motifs is 1. The summed E-state index contributed by atoms with van der Waals surface area (Å²) in [6.45, 7) is 2.01. The van der Waals surface area contributed by atoms with Crippen molar-refractivity contribution in [1.82, 2.24) is 9.97 Å². The van der Waals surface area contributed by atoms with Crippen molar-refractivity contribution in [2.24, 2.45) is 11.8 Å². The van der Waals surface area contributed by atoms with Crippen LogP contribution in [0.4, 0.5) is 10.1 Å². The van der Waals surface area contributed by atoms with Crippen LogP contribution in [-0.2, 0) is 4.79 Å². The van der Waals surface area contributed by atoms with Crippen molar-refractivity contribution in [3.05, 3.63) is 66.4 Å². The number of halogens is 1. The molecule has 2 aromatic heterocycles. The maximum absolute atomic E-state index is 13.7. The lowest BCUT2D eigenvalue weighted by Gasteiger charge is -2.32. The van der Waals surface area contributed by atoms with Crippen molar-refractivity contribution in [1.29, 1.82) is 0 Å². The van der Waals surface area contributed by atoms with Crippen molar-refractivity contribution in [3.8, 4) is 0 Å². The number of nitrogens with zero attached hydrogens (tertiary/aromatic N) is 2. The zero-order chi connectivity index (χ0) is 19.5. The fraction of sp³-hybridized carbons (Fsp3) is 0.348. The first-order valence-corrected chi connectivity index (χ1v) is 9.87. The van der Waals surface area contributed by atoms with Gasteiger partial charge in [0.2, 0.25) is 5.91 Å². The third-order valence-corrected chi connectivity index (χ3v) is 6.02. The minimum absolute atomic E-state index is 0.0410. The van der Waals surface area contributed by atoms with Crippen molar-refractivity contribution < 1.29 is 9.18 Å². The Morgan fingerprint density at radius 3 is 2.57 bits per heavy atom. The van der Waals surface area contributed by atoms with E-state index in [1.165, 1.54) is 11.6 Å². The second-order valence-electron chi connectivity index (χ2n) is 7.69. The lowest BCUT2D eigenvalue weighted by atomic mass is 9.73. The van der Waals surface area contributed by atoms with Crippen LogP contribution in [0.5, 0.6) is 0 Å². The van der Waals surface area contributed by atoms with Gasteiger partial charge >= 0.3 is 0 Å². The van der Waals surface area contributed by atoms with Gasteiger partial charge in [0.1, 0.15) is 5.82 Å².